The highest BCUT2D eigenvalue weighted by Crippen LogP contribution is 2.31. The van der Waals surface area contributed by atoms with Gasteiger partial charge < -0.3 is 15.2 Å². The van der Waals surface area contributed by atoms with Gasteiger partial charge in [0.25, 0.3) is 0 Å². The first-order chi connectivity index (χ1) is 11.2. The minimum absolute atomic E-state index is 0.109. The average Bonchev–Trinajstić information content (AvgIpc) is 3.18. The normalized spacial score (nSPS) is 17.7. The molecule has 1 aliphatic rings. The predicted molar refractivity (Wildman–Crippen MR) is 85.9 cm³/mol. The molecule has 1 fully saturated rings. The van der Waals surface area contributed by atoms with Crippen LogP contribution in [0.25, 0.3) is 11.2 Å². The molecule has 1 saturated heterocycles. The maximum Gasteiger partial charge on any atom is 0.318 e. The second-order valence-electron chi connectivity index (χ2n) is 5.27. The van der Waals surface area contributed by atoms with Crippen molar-refractivity contribution < 1.29 is 9.84 Å². The largest absolute Gasteiger partial charge is 0.479 e. The van der Waals surface area contributed by atoms with E-state index in [0.717, 1.165) is 12.8 Å². The lowest BCUT2D eigenvalue weighted by Gasteiger charge is -2.12. The molecule has 3 heterocycles. The Morgan fingerprint density at radius 2 is 2.17 bits per heavy atom. The summed E-state index contributed by atoms with van der Waals surface area (Å²) in [5, 5.41) is 13.5. The highest BCUT2D eigenvalue weighted by molar-refractivity contribution is 6.33. The lowest BCUT2D eigenvalue weighted by Crippen LogP contribution is -2.07. The third-order valence-corrected chi connectivity index (χ3v) is 4.08. The Hall–Kier alpha value is -2.38. The van der Waals surface area contributed by atoms with E-state index < -0.39 is 0 Å². The molecule has 1 aromatic carbocycles. The quantitative estimate of drug-likeness (QED) is 0.766. The number of ether oxygens (including phenoxy) is 1. The number of fused-ring (bicyclic) bond motifs is 1. The van der Waals surface area contributed by atoms with Crippen LogP contribution in [0.4, 0.5) is 11.5 Å². The molecular formula is C15H14ClN5O2. The molecule has 0 saturated carbocycles. The molecule has 0 amide bonds. The van der Waals surface area contributed by atoms with E-state index in [1.54, 1.807) is 12.4 Å². The highest BCUT2D eigenvalue weighted by atomic mass is 35.5. The van der Waals surface area contributed by atoms with Gasteiger partial charge in [-0.15, -0.1) is 0 Å². The Balaban J connectivity index is 1.79. The van der Waals surface area contributed by atoms with Crippen molar-refractivity contribution in [2.45, 2.75) is 19.1 Å². The molecule has 0 aliphatic carbocycles. The van der Waals surface area contributed by atoms with Gasteiger partial charge in [0.15, 0.2) is 17.0 Å². The number of para-hydroxylation sites is 1. The van der Waals surface area contributed by atoms with Gasteiger partial charge in [-0.2, -0.15) is 9.97 Å². The summed E-state index contributed by atoms with van der Waals surface area (Å²) in [5.41, 5.74) is 1.76. The summed E-state index contributed by atoms with van der Waals surface area (Å²) in [6, 6.07) is 6.97. The van der Waals surface area contributed by atoms with Crippen molar-refractivity contribution in [1.29, 1.82) is 0 Å². The molecule has 0 spiro atoms. The van der Waals surface area contributed by atoms with Crippen LogP contribution in [-0.2, 0) is 4.74 Å². The minimum atomic E-state index is -0.327. The van der Waals surface area contributed by atoms with Crippen LogP contribution < -0.4 is 5.32 Å². The van der Waals surface area contributed by atoms with Gasteiger partial charge in [-0.3, -0.25) is 4.57 Å². The van der Waals surface area contributed by atoms with Gasteiger partial charge in [-0.25, -0.2) is 4.98 Å². The fourth-order valence-electron chi connectivity index (χ4n) is 2.67. The minimum Gasteiger partial charge on any atom is -0.479 e. The molecular weight excluding hydrogens is 318 g/mol. The topological polar surface area (TPSA) is 85.1 Å². The number of aromatic hydroxyl groups is 1. The van der Waals surface area contributed by atoms with Crippen LogP contribution in [0.15, 0.2) is 30.6 Å². The average molecular weight is 332 g/mol. The second-order valence-corrected chi connectivity index (χ2v) is 5.68. The lowest BCUT2D eigenvalue weighted by molar-refractivity contribution is 0.0592. The molecule has 2 N–H and O–H groups in total. The van der Waals surface area contributed by atoms with E-state index >= 15 is 0 Å². The monoisotopic (exact) mass is 331 g/mol. The molecule has 118 valence electrons. The van der Waals surface area contributed by atoms with Crippen LogP contribution in [0.1, 0.15) is 19.1 Å². The number of benzene rings is 1. The van der Waals surface area contributed by atoms with Crippen LogP contribution in [0.2, 0.25) is 5.02 Å². The molecule has 3 aromatic rings. The van der Waals surface area contributed by atoms with Crippen molar-refractivity contribution in [3.05, 3.63) is 35.6 Å². The van der Waals surface area contributed by atoms with Gasteiger partial charge in [0.2, 0.25) is 0 Å². The second kappa shape index (κ2) is 5.68. The molecule has 4 rings (SSSR count). The molecule has 1 atom stereocenters. The predicted octanol–water partition coefficient (Wildman–Crippen LogP) is 3.24. The van der Waals surface area contributed by atoms with Crippen molar-refractivity contribution in [3.8, 4) is 6.01 Å². The van der Waals surface area contributed by atoms with Crippen molar-refractivity contribution >= 4 is 34.3 Å². The molecule has 1 unspecified atom stereocenters. The molecule has 8 heteroatoms. The van der Waals surface area contributed by atoms with E-state index in [-0.39, 0.29) is 12.2 Å². The van der Waals surface area contributed by atoms with Gasteiger partial charge in [-0.1, -0.05) is 23.7 Å². The Morgan fingerprint density at radius 3 is 2.96 bits per heavy atom. The van der Waals surface area contributed by atoms with Crippen LogP contribution in [0, 0.1) is 0 Å². The summed E-state index contributed by atoms with van der Waals surface area (Å²) in [6.07, 6.45) is 3.44. The molecule has 1 aliphatic heterocycles. The zero-order chi connectivity index (χ0) is 15.8. The Bertz CT molecular complexity index is 860. The first-order valence-corrected chi connectivity index (χ1v) is 7.67. The summed E-state index contributed by atoms with van der Waals surface area (Å²) >= 11 is 6.16. The number of nitrogens with zero attached hydrogens (tertiary/aromatic N) is 4. The zero-order valence-electron chi connectivity index (χ0n) is 12.1. The number of nitrogens with one attached hydrogen (secondary N) is 1. The summed E-state index contributed by atoms with van der Waals surface area (Å²) in [4.78, 5) is 12.5. The highest BCUT2D eigenvalue weighted by Gasteiger charge is 2.22. The van der Waals surface area contributed by atoms with Gasteiger partial charge in [-0.05, 0) is 25.0 Å². The van der Waals surface area contributed by atoms with Crippen molar-refractivity contribution in [3.63, 3.8) is 0 Å². The first kappa shape index (κ1) is 14.2. The van der Waals surface area contributed by atoms with Gasteiger partial charge >= 0.3 is 6.01 Å². The Kier molecular flexibility index (Phi) is 3.51. The number of hydrogen-bond acceptors (Lipinski definition) is 6. The standard InChI is InChI=1S/C15H14ClN5O2/c16-9-4-1-2-5-10(9)18-13-12-14(20-15(22)19-13)21(8-17-12)11-6-3-7-23-11/h1-2,4-5,8,11H,3,6-7H2,(H2,18,19,20,22). The number of imidazole rings is 1. The van der Waals surface area contributed by atoms with Crippen molar-refractivity contribution in [2.24, 2.45) is 0 Å². The number of anilines is 2. The number of hydrogen-bond donors (Lipinski definition) is 2. The van der Waals surface area contributed by atoms with Gasteiger partial charge in [0.05, 0.1) is 17.0 Å². The van der Waals surface area contributed by atoms with E-state index in [0.29, 0.717) is 34.3 Å². The summed E-state index contributed by atoms with van der Waals surface area (Å²) in [7, 11) is 0. The Labute approximate surface area is 136 Å². The third-order valence-electron chi connectivity index (χ3n) is 3.75. The van der Waals surface area contributed by atoms with E-state index in [1.165, 1.54) is 0 Å². The van der Waals surface area contributed by atoms with E-state index in [1.807, 2.05) is 22.8 Å². The van der Waals surface area contributed by atoms with Gasteiger partial charge in [0, 0.05) is 6.61 Å². The van der Waals surface area contributed by atoms with E-state index in [4.69, 9.17) is 16.3 Å². The van der Waals surface area contributed by atoms with Gasteiger partial charge in [0.1, 0.15) is 6.23 Å². The van der Waals surface area contributed by atoms with Crippen molar-refractivity contribution in [2.75, 3.05) is 11.9 Å². The zero-order valence-corrected chi connectivity index (χ0v) is 12.9. The SMILES string of the molecule is Oc1nc(Nc2ccccc2Cl)c2ncn(C3CCCO3)c2n1. The molecule has 0 bridgehead atoms. The number of rotatable bonds is 3. The fourth-order valence-corrected chi connectivity index (χ4v) is 2.86. The lowest BCUT2D eigenvalue weighted by atomic mass is 10.3. The van der Waals surface area contributed by atoms with E-state index in [2.05, 4.69) is 20.3 Å². The maximum atomic E-state index is 9.87. The smallest absolute Gasteiger partial charge is 0.318 e. The van der Waals surface area contributed by atoms with Crippen LogP contribution in [-0.4, -0.2) is 31.2 Å². The first-order valence-electron chi connectivity index (χ1n) is 7.29. The summed E-state index contributed by atoms with van der Waals surface area (Å²) < 4.78 is 7.48. The maximum absolute atomic E-state index is 9.87. The number of aromatic nitrogens is 4. The van der Waals surface area contributed by atoms with Crippen LogP contribution >= 0.6 is 11.6 Å². The van der Waals surface area contributed by atoms with E-state index in [9.17, 15) is 5.11 Å². The number of halogens is 1. The van der Waals surface area contributed by atoms with Crippen molar-refractivity contribution in [1.82, 2.24) is 19.5 Å². The molecule has 2 aromatic heterocycles. The van der Waals surface area contributed by atoms with Crippen LogP contribution in [0.5, 0.6) is 6.01 Å². The fraction of sp³-hybridized carbons (Fsp3) is 0.267. The summed E-state index contributed by atoms with van der Waals surface area (Å²) in [5.74, 6) is 0.400. The molecule has 0 radical (unpaired) electrons. The third kappa shape index (κ3) is 2.58. The van der Waals surface area contributed by atoms with Crippen LogP contribution in [0.3, 0.4) is 0 Å². The summed E-state index contributed by atoms with van der Waals surface area (Å²) in [6.45, 7) is 0.714. The molecule has 23 heavy (non-hydrogen) atoms. The molecule has 7 nitrogen and oxygen atoms in total. The Morgan fingerprint density at radius 1 is 1.30 bits per heavy atom.